The van der Waals surface area contributed by atoms with Gasteiger partial charge in [-0.05, 0) is 57.2 Å². The Hall–Kier alpha value is -1.35. The molecule has 1 amide bonds. The quantitative estimate of drug-likeness (QED) is 0.610. The van der Waals surface area contributed by atoms with Gasteiger partial charge in [0.1, 0.15) is 5.88 Å². The molecule has 0 spiro atoms. The molecular formula is C17H22ClNO2. The van der Waals surface area contributed by atoms with Crippen LogP contribution in [-0.2, 0) is 4.79 Å². The molecule has 1 aliphatic rings. The van der Waals surface area contributed by atoms with Crippen LogP contribution in [0.1, 0.15) is 61.5 Å². The van der Waals surface area contributed by atoms with Crippen molar-refractivity contribution in [2.24, 2.45) is 0 Å². The number of halogens is 1. The molecule has 0 fully saturated rings. The maximum absolute atomic E-state index is 12.3. The molecule has 0 aliphatic carbocycles. The summed E-state index contributed by atoms with van der Waals surface area (Å²) >= 11 is 5.79. The highest BCUT2D eigenvalue weighted by Crippen LogP contribution is 2.44. The first-order valence-electron chi connectivity index (χ1n) is 7.23. The zero-order valence-corrected chi connectivity index (χ0v) is 14.0. The van der Waals surface area contributed by atoms with Gasteiger partial charge in [-0.15, -0.1) is 11.6 Å². The molecule has 4 heteroatoms. The molecule has 0 radical (unpaired) electrons. The molecule has 21 heavy (non-hydrogen) atoms. The topological polar surface area (TPSA) is 37.4 Å². The van der Waals surface area contributed by atoms with Crippen LogP contribution < -0.4 is 4.90 Å². The molecule has 1 heterocycles. The van der Waals surface area contributed by atoms with Gasteiger partial charge in [0.25, 0.3) is 0 Å². The highest BCUT2D eigenvalue weighted by atomic mass is 35.5. The maximum Gasteiger partial charge on any atom is 0.242 e. The minimum absolute atomic E-state index is 0.0182. The second-order valence-corrected chi connectivity index (χ2v) is 6.83. The molecule has 114 valence electrons. The van der Waals surface area contributed by atoms with Gasteiger partial charge < -0.3 is 4.90 Å². The average Bonchev–Trinajstić information content (AvgIpc) is 2.37. The Kier molecular flexibility index (Phi) is 4.16. The monoisotopic (exact) mass is 307 g/mol. The first-order valence-corrected chi connectivity index (χ1v) is 7.77. The van der Waals surface area contributed by atoms with Gasteiger partial charge in [0.05, 0.1) is 0 Å². The fourth-order valence-corrected chi connectivity index (χ4v) is 3.61. The highest BCUT2D eigenvalue weighted by Gasteiger charge is 2.40. The number of aryl methyl sites for hydroxylation is 1. The van der Waals surface area contributed by atoms with Crippen LogP contribution in [-0.4, -0.2) is 23.1 Å². The minimum Gasteiger partial charge on any atom is -0.306 e. The number of ketones is 1. The number of Topliss-reactive ketones (excluding diaryl/α,β-unsaturated/α-hetero) is 1. The number of hydrogen-bond donors (Lipinski definition) is 0. The minimum atomic E-state index is -0.304. The predicted molar refractivity (Wildman–Crippen MR) is 86.5 cm³/mol. The molecule has 3 nitrogen and oxygen atoms in total. The van der Waals surface area contributed by atoms with Gasteiger partial charge >= 0.3 is 0 Å². The Morgan fingerprint density at radius 3 is 2.52 bits per heavy atom. The van der Waals surface area contributed by atoms with Crippen molar-refractivity contribution in [3.05, 3.63) is 28.8 Å². The molecule has 0 N–H and O–H groups in total. The van der Waals surface area contributed by atoms with Crippen LogP contribution in [0, 0.1) is 6.92 Å². The Morgan fingerprint density at radius 1 is 1.38 bits per heavy atom. The summed E-state index contributed by atoms with van der Waals surface area (Å²) in [6, 6.07) is 3.90. The van der Waals surface area contributed by atoms with E-state index in [-0.39, 0.29) is 23.1 Å². The number of carbonyl (C=O) groups excluding carboxylic acids is 2. The zero-order chi connectivity index (χ0) is 15.9. The van der Waals surface area contributed by atoms with Crippen LogP contribution in [0.15, 0.2) is 12.1 Å². The Morgan fingerprint density at radius 2 is 2.00 bits per heavy atom. The van der Waals surface area contributed by atoms with Crippen molar-refractivity contribution >= 4 is 29.0 Å². The van der Waals surface area contributed by atoms with E-state index >= 15 is 0 Å². The molecular weight excluding hydrogens is 286 g/mol. The molecule has 0 unspecified atom stereocenters. The summed E-state index contributed by atoms with van der Waals surface area (Å²) in [7, 11) is 0. The van der Waals surface area contributed by atoms with Crippen LogP contribution in [0.25, 0.3) is 0 Å². The fraction of sp³-hybridized carbons (Fsp3) is 0.529. The fourth-order valence-electron chi connectivity index (χ4n) is 3.49. The Balaban J connectivity index is 2.70. The number of fused-ring (bicyclic) bond motifs is 1. The molecule has 1 atom stereocenters. The van der Waals surface area contributed by atoms with Crippen LogP contribution in [0.4, 0.5) is 5.69 Å². The molecule has 1 aromatic carbocycles. The maximum atomic E-state index is 12.3. The van der Waals surface area contributed by atoms with Gasteiger partial charge in [-0.1, -0.05) is 13.0 Å². The second kappa shape index (κ2) is 5.45. The lowest BCUT2D eigenvalue weighted by molar-refractivity contribution is -0.117. The summed E-state index contributed by atoms with van der Waals surface area (Å²) in [4.78, 5) is 25.9. The molecule has 0 saturated carbocycles. The van der Waals surface area contributed by atoms with Gasteiger partial charge in [0.2, 0.25) is 5.91 Å². The van der Waals surface area contributed by atoms with Crippen molar-refractivity contribution in [1.82, 2.24) is 0 Å². The largest absolute Gasteiger partial charge is 0.306 e. The van der Waals surface area contributed by atoms with Gasteiger partial charge in [0.15, 0.2) is 5.78 Å². The van der Waals surface area contributed by atoms with Crippen molar-refractivity contribution < 1.29 is 9.59 Å². The molecule has 1 aromatic rings. The number of carbonyl (C=O) groups is 2. The number of nitrogens with zero attached hydrogens (tertiary/aromatic N) is 1. The van der Waals surface area contributed by atoms with Crippen LogP contribution in [0.3, 0.4) is 0 Å². The van der Waals surface area contributed by atoms with Crippen molar-refractivity contribution in [2.75, 3.05) is 10.8 Å². The zero-order valence-electron chi connectivity index (χ0n) is 13.3. The summed E-state index contributed by atoms with van der Waals surface area (Å²) in [5, 5.41) is 0. The number of amides is 1. The van der Waals surface area contributed by atoms with E-state index in [0.717, 1.165) is 23.2 Å². The molecule has 0 aromatic heterocycles. The van der Waals surface area contributed by atoms with Crippen LogP contribution in [0.2, 0.25) is 0 Å². The van der Waals surface area contributed by atoms with E-state index in [1.807, 2.05) is 32.9 Å². The van der Waals surface area contributed by atoms with Crippen molar-refractivity contribution in [2.45, 2.75) is 52.5 Å². The van der Waals surface area contributed by atoms with E-state index in [1.165, 1.54) is 0 Å². The van der Waals surface area contributed by atoms with E-state index in [4.69, 9.17) is 11.6 Å². The SMILES string of the molecule is CC(=O)c1cc2c(cc1C)[C@H](C)CC(C)(C)N2C(=O)CCl. The number of alkyl halides is 1. The molecule has 0 bridgehead atoms. The van der Waals surface area contributed by atoms with Crippen molar-refractivity contribution in [3.8, 4) is 0 Å². The number of anilines is 1. The third kappa shape index (κ3) is 2.71. The van der Waals surface area contributed by atoms with Crippen LogP contribution >= 0.6 is 11.6 Å². The Bertz CT molecular complexity index is 607. The van der Waals surface area contributed by atoms with E-state index in [9.17, 15) is 9.59 Å². The second-order valence-electron chi connectivity index (χ2n) is 6.56. The normalized spacial score (nSPS) is 20.1. The summed E-state index contributed by atoms with van der Waals surface area (Å²) in [5.41, 5.74) is 3.29. The number of rotatable bonds is 2. The highest BCUT2D eigenvalue weighted by molar-refractivity contribution is 6.29. The standard InChI is InChI=1S/C17H22ClNO2/c1-10-6-14-11(2)8-17(4,5)19(16(21)9-18)15(14)7-13(10)12(3)20/h6-7,11H,8-9H2,1-5H3/t11-/m1/s1. The lowest BCUT2D eigenvalue weighted by Gasteiger charge is -2.46. The number of hydrogen-bond acceptors (Lipinski definition) is 2. The van der Waals surface area contributed by atoms with Gasteiger partial charge in [-0.25, -0.2) is 0 Å². The summed E-state index contributed by atoms with van der Waals surface area (Å²) in [6.45, 7) is 9.75. The van der Waals surface area contributed by atoms with Gasteiger partial charge in [-0.2, -0.15) is 0 Å². The lowest BCUT2D eigenvalue weighted by Crippen LogP contribution is -2.52. The number of benzene rings is 1. The van der Waals surface area contributed by atoms with E-state index < -0.39 is 0 Å². The van der Waals surface area contributed by atoms with Gasteiger partial charge in [0, 0.05) is 16.8 Å². The first-order chi connectivity index (χ1) is 9.69. The van der Waals surface area contributed by atoms with Crippen molar-refractivity contribution in [1.29, 1.82) is 0 Å². The van der Waals surface area contributed by atoms with Crippen molar-refractivity contribution in [3.63, 3.8) is 0 Å². The Labute approximate surface area is 131 Å². The van der Waals surface area contributed by atoms with Crippen LogP contribution in [0.5, 0.6) is 0 Å². The summed E-state index contributed by atoms with van der Waals surface area (Å²) in [5.74, 6) is 0.187. The van der Waals surface area contributed by atoms with E-state index in [1.54, 1.807) is 11.8 Å². The first kappa shape index (κ1) is 16.0. The van der Waals surface area contributed by atoms with Gasteiger partial charge in [-0.3, -0.25) is 9.59 Å². The third-order valence-corrected chi connectivity index (χ3v) is 4.53. The molecule has 1 aliphatic heterocycles. The predicted octanol–water partition coefficient (Wildman–Crippen LogP) is 4.06. The summed E-state index contributed by atoms with van der Waals surface area (Å²) < 4.78 is 0. The van der Waals surface area contributed by atoms with E-state index in [2.05, 4.69) is 6.92 Å². The average molecular weight is 308 g/mol. The third-order valence-electron chi connectivity index (χ3n) is 4.30. The van der Waals surface area contributed by atoms with E-state index in [0.29, 0.717) is 11.5 Å². The lowest BCUT2D eigenvalue weighted by atomic mass is 9.78. The summed E-state index contributed by atoms with van der Waals surface area (Å²) in [6.07, 6.45) is 0.876. The molecule has 0 saturated heterocycles. The smallest absolute Gasteiger partial charge is 0.242 e. The molecule has 2 rings (SSSR count).